The van der Waals surface area contributed by atoms with E-state index in [2.05, 4.69) is 64.5 Å². The minimum atomic E-state index is 0.542. The maximum Gasteiger partial charge on any atom is 0.0213 e. The van der Waals surface area contributed by atoms with Crippen LogP contribution in [0.2, 0.25) is 0 Å². The molecule has 1 aliphatic rings. The van der Waals surface area contributed by atoms with Crippen molar-refractivity contribution in [2.24, 2.45) is 0 Å². The van der Waals surface area contributed by atoms with Gasteiger partial charge in [-0.3, -0.25) is 0 Å². The summed E-state index contributed by atoms with van der Waals surface area (Å²) in [6.45, 7) is 0. The van der Waals surface area contributed by atoms with Gasteiger partial charge in [0.2, 0.25) is 0 Å². The zero-order valence-corrected chi connectivity index (χ0v) is 8.87. The third kappa shape index (κ3) is 1.92. The van der Waals surface area contributed by atoms with E-state index in [0.29, 0.717) is 5.92 Å². The van der Waals surface area contributed by atoms with Crippen LogP contribution in [0.3, 0.4) is 0 Å². The number of hydrogen-bond acceptors (Lipinski definition) is 0. The fourth-order valence-electron chi connectivity index (χ4n) is 1.59. The molecule has 0 bridgehead atoms. The van der Waals surface area contributed by atoms with Crippen molar-refractivity contribution in [1.29, 1.82) is 0 Å². The molecule has 0 aromatic heterocycles. The zero-order valence-electron chi connectivity index (χ0n) is 7.28. The van der Waals surface area contributed by atoms with Gasteiger partial charge in [0.25, 0.3) is 0 Å². The first-order valence-electron chi connectivity index (χ1n) is 4.45. The molecule has 0 N–H and O–H groups in total. The highest BCUT2D eigenvalue weighted by Crippen LogP contribution is 2.30. The molecule has 0 spiro atoms. The molecule has 0 fully saturated rings. The fourth-order valence-corrected chi connectivity index (χ4v) is 2.17. The van der Waals surface area contributed by atoms with Crippen LogP contribution < -0.4 is 0 Å². The lowest BCUT2D eigenvalue weighted by Gasteiger charge is -2.14. The third-order valence-corrected chi connectivity index (χ3v) is 3.01. The van der Waals surface area contributed by atoms with Crippen molar-refractivity contribution in [2.75, 3.05) is 0 Å². The Labute approximate surface area is 87.1 Å². The van der Waals surface area contributed by atoms with Crippen LogP contribution in [0.1, 0.15) is 17.9 Å². The standard InChI is InChI=1S/C12H11Br/c13-12-9-5-4-8-11(12)10-6-2-1-3-7-10/h1-6,8-10H,7H2. The van der Waals surface area contributed by atoms with Crippen LogP contribution in [0, 0.1) is 0 Å². The Balaban J connectivity index is 2.30. The summed E-state index contributed by atoms with van der Waals surface area (Å²) in [5.41, 5.74) is 1.38. The van der Waals surface area contributed by atoms with Gasteiger partial charge in [-0.2, -0.15) is 0 Å². The van der Waals surface area contributed by atoms with Crippen molar-refractivity contribution in [3.8, 4) is 0 Å². The number of halogens is 1. The van der Waals surface area contributed by atoms with E-state index >= 15 is 0 Å². The zero-order chi connectivity index (χ0) is 9.10. The molecule has 1 atom stereocenters. The minimum Gasteiger partial charge on any atom is -0.0836 e. The van der Waals surface area contributed by atoms with Crippen LogP contribution in [0.25, 0.3) is 0 Å². The van der Waals surface area contributed by atoms with Gasteiger partial charge in [-0.15, -0.1) is 0 Å². The molecule has 1 unspecified atom stereocenters. The molecular formula is C12H11Br. The Bertz CT molecular complexity index is 350. The minimum absolute atomic E-state index is 0.542. The SMILES string of the molecule is Brc1ccccc1C1C=CC=CC1. The molecule has 1 aliphatic carbocycles. The van der Waals surface area contributed by atoms with Gasteiger partial charge < -0.3 is 0 Å². The first-order valence-corrected chi connectivity index (χ1v) is 5.25. The van der Waals surface area contributed by atoms with E-state index in [9.17, 15) is 0 Å². The Kier molecular flexibility index (Phi) is 2.65. The van der Waals surface area contributed by atoms with E-state index in [0.717, 1.165) is 6.42 Å². The molecule has 66 valence electrons. The van der Waals surface area contributed by atoms with Gasteiger partial charge >= 0.3 is 0 Å². The maximum absolute atomic E-state index is 3.57. The third-order valence-electron chi connectivity index (χ3n) is 2.29. The molecule has 0 radical (unpaired) electrons. The van der Waals surface area contributed by atoms with E-state index in [1.54, 1.807) is 0 Å². The smallest absolute Gasteiger partial charge is 0.0213 e. The van der Waals surface area contributed by atoms with Gasteiger partial charge in [0, 0.05) is 10.4 Å². The van der Waals surface area contributed by atoms with Gasteiger partial charge in [-0.1, -0.05) is 58.4 Å². The lowest BCUT2D eigenvalue weighted by Crippen LogP contribution is -1.96. The molecular weight excluding hydrogens is 224 g/mol. The Morgan fingerprint density at radius 3 is 2.69 bits per heavy atom. The first-order chi connectivity index (χ1) is 6.38. The Morgan fingerprint density at radius 2 is 2.00 bits per heavy atom. The fraction of sp³-hybridized carbons (Fsp3) is 0.167. The van der Waals surface area contributed by atoms with Crippen LogP contribution in [0.15, 0.2) is 53.0 Å². The summed E-state index contributed by atoms with van der Waals surface area (Å²) in [7, 11) is 0. The second-order valence-corrected chi connectivity index (χ2v) is 4.03. The van der Waals surface area contributed by atoms with E-state index < -0.39 is 0 Å². The molecule has 0 nitrogen and oxygen atoms in total. The number of hydrogen-bond donors (Lipinski definition) is 0. The molecule has 1 aromatic rings. The summed E-state index contributed by atoms with van der Waals surface area (Å²) in [5, 5.41) is 0. The van der Waals surface area contributed by atoms with E-state index in [4.69, 9.17) is 0 Å². The number of rotatable bonds is 1. The molecule has 1 aromatic carbocycles. The Morgan fingerprint density at radius 1 is 1.15 bits per heavy atom. The second kappa shape index (κ2) is 3.93. The summed E-state index contributed by atoms with van der Waals surface area (Å²) in [6, 6.07) is 8.42. The van der Waals surface area contributed by atoms with Crippen LogP contribution in [-0.4, -0.2) is 0 Å². The van der Waals surface area contributed by atoms with Crippen LogP contribution in [0.4, 0.5) is 0 Å². The van der Waals surface area contributed by atoms with Crippen LogP contribution >= 0.6 is 15.9 Å². The summed E-state index contributed by atoms with van der Waals surface area (Å²) >= 11 is 3.57. The number of allylic oxidation sites excluding steroid dienone is 4. The van der Waals surface area contributed by atoms with Crippen molar-refractivity contribution in [2.45, 2.75) is 12.3 Å². The van der Waals surface area contributed by atoms with Gasteiger partial charge in [-0.05, 0) is 18.1 Å². The molecule has 2 rings (SSSR count). The molecule has 1 heteroatoms. The van der Waals surface area contributed by atoms with E-state index in [-0.39, 0.29) is 0 Å². The van der Waals surface area contributed by atoms with E-state index in [1.165, 1.54) is 10.0 Å². The second-order valence-electron chi connectivity index (χ2n) is 3.18. The topological polar surface area (TPSA) is 0 Å². The van der Waals surface area contributed by atoms with Crippen molar-refractivity contribution < 1.29 is 0 Å². The Hall–Kier alpha value is -0.820. The van der Waals surface area contributed by atoms with Crippen molar-refractivity contribution in [3.05, 3.63) is 58.6 Å². The summed E-state index contributed by atoms with van der Waals surface area (Å²) in [5.74, 6) is 0.542. The van der Waals surface area contributed by atoms with Crippen molar-refractivity contribution in [3.63, 3.8) is 0 Å². The van der Waals surface area contributed by atoms with Crippen molar-refractivity contribution in [1.82, 2.24) is 0 Å². The molecule has 0 saturated carbocycles. The largest absolute Gasteiger partial charge is 0.0836 e. The van der Waals surface area contributed by atoms with Gasteiger partial charge in [0.05, 0.1) is 0 Å². The predicted octanol–water partition coefficient (Wildman–Crippen LogP) is 4.05. The normalized spacial score (nSPS) is 20.5. The average molecular weight is 235 g/mol. The molecule has 0 saturated heterocycles. The molecule has 13 heavy (non-hydrogen) atoms. The van der Waals surface area contributed by atoms with Gasteiger partial charge in [-0.25, -0.2) is 0 Å². The molecule has 0 amide bonds. The molecule has 0 heterocycles. The van der Waals surface area contributed by atoms with E-state index in [1.807, 2.05) is 0 Å². The first kappa shape index (κ1) is 8.76. The summed E-state index contributed by atoms with van der Waals surface area (Å²) < 4.78 is 1.21. The quantitative estimate of drug-likeness (QED) is 0.688. The highest BCUT2D eigenvalue weighted by atomic mass is 79.9. The molecule has 0 aliphatic heterocycles. The predicted molar refractivity (Wildman–Crippen MR) is 59.8 cm³/mol. The van der Waals surface area contributed by atoms with Crippen molar-refractivity contribution >= 4 is 15.9 Å². The van der Waals surface area contributed by atoms with Gasteiger partial charge in [0.15, 0.2) is 0 Å². The lowest BCUT2D eigenvalue weighted by molar-refractivity contribution is 0.849. The number of benzene rings is 1. The lowest BCUT2D eigenvalue weighted by atomic mass is 9.93. The highest BCUT2D eigenvalue weighted by Gasteiger charge is 2.10. The van der Waals surface area contributed by atoms with Gasteiger partial charge in [0.1, 0.15) is 0 Å². The monoisotopic (exact) mass is 234 g/mol. The summed E-state index contributed by atoms with van der Waals surface area (Å²) in [6.07, 6.45) is 9.80. The van der Waals surface area contributed by atoms with Crippen LogP contribution in [-0.2, 0) is 0 Å². The summed E-state index contributed by atoms with van der Waals surface area (Å²) in [4.78, 5) is 0. The van der Waals surface area contributed by atoms with Crippen LogP contribution in [0.5, 0.6) is 0 Å². The average Bonchev–Trinajstić information content (AvgIpc) is 2.20. The highest BCUT2D eigenvalue weighted by molar-refractivity contribution is 9.10. The maximum atomic E-state index is 3.57.